The lowest BCUT2D eigenvalue weighted by Crippen LogP contribution is -2.59. The van der Waals surface area contributed by atoms with Crippen molar-refractivity contribution >= 4 is 17.7 Å². The molecule has 3 rings (SSSR count). The fourth-order valence-electron chi connectivity index (χ4n) is 5.77. The topological polar surface area (TPSA) is 69.7 Å². The lowest BCUT2D eigenvalue weighted by molar-refractivity contribution is -0.157. The van der Waals surface area contributed by atoms with Gasteiger partial charge in [0.25, 0.3) is 0 Å². The average Bonchev–Trinajstić information content (AvgIpc) is 2.64. The monoisotopic (exact) mass is 400 g/mol. The summed E-state index contributed by atoms with van der Waals surface area (Å²) in [6, 6.07) is 6.13. The first kappa shape index (κ1) is 21.5. The highest BCUT2D eigenvalue weighted by atomic mass is 16.5. The van der Waals surface area contributed by atoms with Gasteiger partial charge < -0.3 is 9.47 Å². The molecule has 0 spiro atoms. The van der Waals surface area contributed by atoms with E-state index >= 15 is 0 Å². The minimum atomic E-state index is -0.887. The summed E-state index contributed by atoms with van der Waals surface area (Å²) in [5, 5.41) is 0. The average molecular weight is 401 g/mol. The highest BCUT2D eigenvalue weighted by Gasteiger charge is 2.60. The Morgan fingerprint density at radius 2 is 1.90 bits per heavy atom. The SMILES string of the molecule is COC(=O)C[C@]1(C)CCC[C@]2(C)c3ccc(C(C)C)cc3C(=O)[C@H](OC(C)=O)[C@@H]12. The van der Waals surface area contributed by atoms with Crippen LogP contribution in [0, 0.1) is 11.3 Å². The van der Waals surface area contributed by atoms with Gasteiger partial charge in [0.05, 0.1) is 13.5 Å². The van der Waals surface area contributed by atoms with Gasteiger partial charge in [0.15, 0.2) is 6.10 Å². The van der Waals surface area contributed by atoms with Crippen LogP contribution in [0.4, 0.5) is 0 Å². The summed E-state index contributed by atoms with van der Waals surface area (Å²) < 4.78 is 10.6. The second-order valence-corrected chi connectivity index (χ2v) is 9.51. The van der Waals surface area contributed by atoms with Crippen molar-refractivity contribution < 1.29 is 23.9 Å². The first-order valence-corrected chi connectivity index (χ1v) is 10.5. The number of hydrogen-bond donors (Lipinski definition) is 0. The van der Waals surface area contributed by atoms with Crippen molar-refractivity contribution in [2.24, 2.45) is 11.3 Å². The Balaban J connectivity index is 2.20. The number of ether oxygens (including phenoxy) is 2. The number of ketones is 1. The largest absolute Gasteiger partial charge is 0.469 e. The number of benzene rings is 1. The van der Waals surface area contributed by atoms with Gasteiger partial charge >= 0.3 is 11.9 Å². The fourth-order valence-corrected chi connectivity index (χ4v) is 5.77. The molecule has 0 saturated heterocycles. The Morgan fingerprint density at radius 3 is 2.48 bits per heavy atom. The van der Waals surface area contributed by atoms with Crippen LogP contribution in [0.3, 0.4) is 0 Å². The Morgan fingerprint density at radius 1 is 1.21 bits per heavy atom. The Labute approximate surface area is 173 Å². The molecule has 0 amide bonds. The van der Waals surface area contributed by atoms with Crippen molar-refractivity contribution in [2.75, 3.05) is 7.11 Å². The molecule has 0 aromatic heterocycles. The van der Waals surface area contributed by atoms with E-state index in [0.29, 0.717) is 11.5 Å². The smallest absolute Gasteiger partial charge is 0.306 e. The van der Waals surface area contributed by atoms with Crippen LogP contribution in [-0.2, 0) is 24.5 Å². The molecule has 158 valence electrons. The van der Waals surface area contributed by atoms with Crippen LogP contribution in [0.25, 0.3) is 0 Å². The molecule has 0 N–H and O–H groups in total. The predicted molar refractivity (Wildman–Crippen MR) is 110 cm³/mol. The highest BCUT2D eigenvalue weighted by Crippen LogP contribution is 2.59. The summed E-state index contributed by atoms with van der Waals surface area (Å²) in [5.41, 5.74) is 1.90. The predicted octanol–water partition coefficient (Wildman–Crippen LogP) is 4.57. The van der Waals surface area contributed by atoms with Crippen LogP contribution >= 0.6 is 0 Å². The fraction of sp³-hybridized carbons (Fsp3) is 0.625. The third kappa shape index (κ3) is 3.60. The van der Waals surface area contributed by atoms with E-state index in [9.17, 15) is 14.4 Å². The Hall–Kier alpha value is -2.17. The molecular weight excluding hydrogens is 368 g/mol. The molecule has 4 atom stereocenters. The van der Waals surface area contributed by atoms with E-state index in [4.69, 9.17) is 9.47 Å². The molecule has 29 heavy (non-hydrogen) atoms. The van der Waals surface area contributed by atoms with Crippen molar-refractivity contribution in [1.29, 1.82) is 0 Å². The van der Waals surface area contributed by atoms with Gasteiger partial charge in [0.1, 0.15) is 0 Å². The molecular formula is C24H32O5. The van der Waals surface area contributed by atoms with Gasteiger partial charge in [0.2, 0.25) is 5.78 Å². The summed E-state index contributed by atoms with van der Waals surface area (Å²) in [7, 11) is 1.38. The van der Waals surface area contributed by atoms with Gasteiger partial charge in [-0.05, 0) is 41.4 Å². The lowest BCUT2D eigenvalue weighted by atomic mass is 9.48. The van der Waals surface area contributed by atoms with Crippen molar-refractivity contribution in [3.63, 3.8) is 0 Å². The zero-order valence-electron chi connectivity index (χ0n) is 18.3. The lowest BCUT2D eigenvalue weighted by Gasteiger charge is -2.56. The maximum absolute atomic E-state index is 13.6. The minimum absolute atomic E-state index is 0.154. The van der Waals surface area contributed by atoms with E-state index in [-0.39, 0.29) is 29.5 Å². The standard InChI is InChI=1S/C24H32O5/c1-14(2)16-8-9-18-17(12-16)20(27)21(29-15(3)25)22-23(4,13-19(26)28-6)10-7-11-24(18,22)5/h8-9,12,14,21-22H,7,10-11,13H2,1-6H3/t21-,22-,23-,24+/m0/s1. The normalized spacial score (nSPS) is 31.1. The number of hydrogen-bond acceptors (Lipinski definition) is 5. The quantitative estimate of drug-likeness (QED) is 0.693. The van der Waals surface area contributed by atoms with Gasteiger partial charge in [-0.1, -0.05) is 46.2 Å². The summed E-state index contributed by atoms with van der Waals surface area (Å²) in [5.74, 6) is -0.913. The Bertz CT molecular complexity index is 842. The molecule has 0 heterocycles. The summed E-state index contributed by atoms with van der Waals surface area (Å²) in [4.78, 5) is 37.7. The van der Waals surface area contributed by atoms with E-state index in [1.165, 1.54) is 14.0 Å². The van der Waals surface area contributed by atoms with Gasteiger partial charge in [-0.2, -0.15) is 0 Å². The molecule has 2 aliphatic carbocycles. The third-order valence-electron chi connectivity index (χ3n) is 7.10. The number of esters is 2. The van der Waals surface area contributed by atoms with Gasteiger partial charge in [-0.15, -0.1) is 0 Å². The third-order valence-corrected chi connectivity index (χ3v) is 7.10. The maximum Gasteiger partial charge on any atom is 0.306 e. The van der Waals surface area contributed by atoms with Crippen molar-refractivity contribution in [1.82, 2.24) is 0 Å². The second-order valence-electron chi connectivity index (χ2n) is 9.51. The number of carbonyl (C=O) groups excluding carboxylic acids is 3. The highest BCUT2D eigenvalue weighted by molar-refractivity contribution is 6.04. The van der Waals surface area contributed by atoms with Crippen LogP contribution in [0.15, 0.2) is 18.2 Å². The number of rotatable bonds is 4. The van der Waals surface area contributed by atoms with Gasteiger partial charge in [0, 0.05) is 23.8 Å². The van der Waals surface area contributed by atoms with E-state index in [2.05, 4.69) is 32.9 Å². The molecule has 5 heteroatoms. The number of carbonyl (C=O) groups is 3. The van der Waals surface area contributed by atoms with Crippen molar-refractivity contribution in [3.05, 3.63) is 34.9 Å². The molecule has 2 aliphatic rings. The van der Waals surface area contributed by atoms with Crippen LogP contribution in [0.1, 0.15) is 87.7 Å². The van der Waals surface area contributed by atoms with Crippen molar-refractivity contribution in [3.8, 4) is 0 Å². The molecule has 1 saturated carbocycles. The van der Waals surface area contributed by atoms with Crippen LogP contribution in [0.5, 0.6) is 0 Å². The summed E-state index contributed by atoms with van der Waals surface area (Å²) in [6.07, 6.45) is 1.92. The zero-order chi connectivity index (χ0) is 21.6. The molecule has 0 aliphatic heterocycles. The number of methoxy groups -OCH3 is 1. The first-order valence-electron chi connectivity index (χ1n) is 10.5. The Kier molecular flexibility index (Phi) is 5.63. The van der Waals surface area contributed by atoms with Gasteiger partial charge in [-0.3, -0.25) is 14.4 Å². The minimum Gasteiger partial charge on any atom is -0.469 e. The van der Waals surface area contributed by atoms with E-state index < -0.39 is 17.5 Å². The van der Waals surface area contributed by atoms with E-state index in [1.807, 2.05) is 13.0 Å². The van der Waals surface area contributed by atoms with Crippen LogP contribution in [-0.4, -0.2) is 30.9 Å². The van der Waals surface area contributed by atoms with E-state index in [1.54, 1.807) is 0 Å². The molecule has 0 unspecified atom stereocenters. The first-order chi connectivity index (χ1) is 13.5. The molecule has 1 fully saturated rings. The second kappa shape index (κ2) is 7.58. The van der Waals surface area contributed by atoms with Crippen LogP contribution in [0.2, 0.25) is 0 Å². The zero-order valence-corrected chi connectivity index (χ0v) is 18.3. The van der Waals surface area contributed by atoms with Crippen molar-refractivity contribution in [2.45, 2.75) is 77.7 Å². The number of fused-ring (bicyclic) bond motifs is 3. The van der Waals surface area contributed by atoms with Gasteiger partial charge in [-0.25, -0.2) is 0 Å². The molecule has 1 aromatic carbocycles. The summed E-state index contributed by atoms with van der Waals surface area (Å²) >= 11 is 0. The summed E-state index contributed by atoms with van der Waals surface area (Å²) in [6.45, 7) is 9.71. The molecule has 1 aromatic rings. The molecule has 5 nitrogen and oxygen atoms in total. The van der Waals surface area contributed by atoms with Crippen LogP contribution < -0.4 is 0 Å². The molecule has 0 bridgehead atoms. The maximum atomic E-state index is 13.6. The molecule has 0 radical (unpaired) electrons. The van der Waals surface area contributed by atoms with E-state index in [0.717, 1.165) is 30.4 Å². The number of Topliss-reactive ketones (excluding diaryl/α,β-unsaturated/α-hetero) is 1.